The van der Waals surface area contributed by atoms with E-state index < -0.39 is 29.0 Å². The topological polar surface area (TPSA) is 129 Å². The van der Waals surface area contributed by atoms with Gasteiger partial charge in [0.05, 0.1) is 96.7 Å². The van der Waals surface area contributed by atoms with Crippen molar-refractivity contribution in [3.63, 3.8) is 0 Å². The second kappa shape index (κ2) is 15.8. The summed E-state index contributed by atoms with van der Waals surface area (Å²) in [7, 11) is 0. The smallest absolute Gasteiger partial charge is 0.309 e. The van der Waals surface area contributed by atoms with Gasteiger partial charge in [0.25, 0.3) is 0 Å². The fourth-order valence-electron chi connectivity index (χ4n) is 9.11. The predicted molar refractivity (Wildman–Crippen MR) is 245 cm³/mol. The Balaban J connectivity index is 1.29. The van der Waals surface area contributed by atoms with Crippen molar-refractivity contribution in [2.24, 2.45) is 0 Å². The van der Waals surface area contributed by atoms with Gasteiger partial charge in [-0.2, -0.15) is 52.7 Å². The molecule has 10 aromatic rings. The first-order valence-electron chi connectivity index (χ1n) is 20.6. The molecular formula is C55H25F6N7. The Hall–Kier alpha value is -9.61. The highest BCUT2D eigenvalue weighted by Crippen LogP contribution is 2.47. The van der Waals surface area contributed by atoms with Crippen LogP contribution in [0.4, 0.5) is 26.3 Å². The fraction of sp³-hybridized carbons (Fsp3) is 0.0364. The normalized spacial score (nSPS) is 11.6. The highest BCUT2D eigenvalue weighted by Gasteiger charge is 2.39. The first-order chi connectivity index (χ1) is 32.7. The molecule has 0 unspecified atom stereocenters. The minimum atomic E-state index is -5.27. The number of para-hydroxylation sites is 2. The number of alkyl halides is 6. The van der Waals surface area contributed by atoms with Gasteiger partial charge < -0.3 is 9.13 Å². The number of aromatic nitrogens is 2. The molecule has 0 saturated heterocycles. The molecule has 0 aliphatic heterocycles. The number of hydrogen-bond donors (Lipinski definition) is 0. The predicted octanol–water partition coefficient (Wildman–Crippen LogP) is 14.3. The first-order valence-corrected chi connectivity index (χ1v) is 20.6. The first kappa shape index (κ1) is 42.3. The van der Waals surface area contributed by atoms with Crippen LogP contribution in [-0.2, 0) is 12.4 Å². The van der Waals surface area contributed by atoms with Gasteiger partial charge in [-0.1, -0.05) is 54.6 Å². The molecule has 68 heavy (non-hydrogen) atoms. The van der Waals surface area contributed by atoms with Crippen molar-refractivity contribution in [1.29, 1.82) is 26.3 Å². The summed E-state index contributed by atoms with van der Waals surface area (Å²) in [6.45, 7) is 0. The van der Waals surface area contributed by atoms with Crippen molar-refractivity contribution in [1.82, 2.24) is 9.13 Å². The highest BCUT2D eigenvalue weighted by atomic mass is 19.4. The van der Waals surface area contributed by atoms with Gasteiger partial charge in [0, 0.05) is 27.1 Å². The zero-order chi connectivity index (χ0) is 47.6. The van der Waals surface area contributed by atoms with Crippen molar-refractivity contribution in [3.05, 3.63) is 191 Å². The van der Waals surface area contributed by atoms with Gasteiger partial charge in [-0.15, -0.1) is 0 Å². The van der Waals surface area contributed by atoms with Gasteiger partial charge in [0.1, 0.15) is 6.07 Å². The minimum Gasteiger partial charge on any atom is -0.309 e. The lowest BCUT2D eigenvalue weighted by atomic mass is 9.93. The van der Waals surface area contributed by atoms with Gasteiger partial charge >= 0.3 is 12.4 Å². The molecule has 0 bridgehead atoms. The second-order valence-electron chi connectivity index (χ2n) is 16.0. The van der Waals surface area contributed by atoms with E-state index in [0.29, 0.717) is 71.9 Å². The summed E-state index contributed by atoms with van der Waals surface area (Å²) in [5.41, 5.74) is 2.10. The molecular weight excluding hydrogens is 873 g/mol. The van der Waals surface area contributed by atoms with E-state index in [9.17, 15) is 39.5 Å². The van der Waals surface area contributed by atoms with Crippen molar-refractivity contribution >= 4 is 43.6 Å². The molecule has 8 aromatic carbocycles. The molecule has 0 fully saturated rings. The van der Waals surface area contributed by atoms with Crippen molar-refractivity contribution < 1.29 is 26.3 Å². The molecule has 13 heteroatoms. The van der Waals surface area contributed by atoms with Crippen LogP contribution in [0.3, 0.4) is 0 Å². The van der Waals surface area contributed by atoms with Gasteiger partial charge in [-0.05, 0) is 125 Å². The Morgan fingerprint density at radius 1 is 0.353 bits per heavy atom. The summed E-state index contributed by atoms with van der Waals surface area (Å²) >= 11 is 0. The third-order valence-electron chi connectivity index (χ3n) is 12.1. The standard InChI is InChI=1S/C55H25F6N7/c56-54(57,58)40-11-12-41(47(24-40)55(59,60)61)46-25-52(67-48-7-3-1-5-42(48)44-21-35(9-13-50(44)67)37-17-31(26-62)15-32(18-37)27-63)39(30-66)23-53(46)68-49-8-4-2-6-43(49)45-22-36(10-14-51(45)68)38-19-33(28-64)16-34(20-38)29-65/h1-25H. The van der Waals surface area contributed by atoms with E-state index in [-0.39, 0.29) is 50.8 Å². The van der Waals surface area contributed by atoms with E-state index in [4.69, 9.17) is 0 Å². The van der Waals surface area contributed by atoms with E-state index >= 15 is 13.2 Å². The van der Waals surface area contributed by atoms with Crippen LogP contribution in [0.15, 0.2) is 152 Å². The molecule has 7 nitrogen and oxygen atoms in total. The summed E-state index contributed by atoms with van der Waals surface area (Å²) in [6.07, 6.45) is -10.4. The summed E-state index contributed by atoms with van der Waals surface area (Å²) in [5, 5.41) is 52.4. The number of benzene rings is 8. The number of nitrogens with zero attached hydrogens (tertiary/aromatic N) is 7. The lowest BCUT2D eigenvalue weighted by molar-refractivity contribution is -0.142. The zero-order valence-electron chi connectivity index (χ0n) is 34.8. The van der Waals surface area contributed by atoms with Crippen molar-refractivity contribution in [2.75, 3.05) is 0 Å². The van der Waals surface area contributed by atoms with Crippen LogP contribution in [0.1, 0.15) is 38.9 Å². The SMILES string of the molecule is N#Cc1cc(C#N)cc(-c2ccc3c(c2)c2ccccc2n3-c2cc(-c3ccc(C(F)(F)F)cc3C(F)(F)F)c(-n3c4ccccc4c4cc(-c5cc(C#N)cc(C#N)c5)ccc43)cc2C#N)c1. The Bertz CT molecular complexity index is 3960. The number of halogens is 6. The summed E-state index contributed by atoms with van der Waals surface area (Å²) < 4.78 is 91.8. The zero-order valence-corrected chi connectivity index (χ0v) is 34.8. The van der Waals surface area contributed by atoms with Crippen LogP contribution in [-0.4, -0.2) is 9.13 Å². The van der Waals surface area contributed by atoms with E-state index in [1.807, 2.05) is 24.3 Å². The van der Waals surface area contributed by atoms with Crippen molar-refractivity contribution in [2.45, 2.75) is 12.4 Å². The van der Waals surface area contributed by atoms with Crippen LogP contribution >= 0.6 is 0 Å². The number of nitriles is 5. The quantitative estimate of drug-likeness (QED) is 0.159. The molecule has 10 rings (SSSR count). The Morgan fingerprint density at radius 2 is 0.809 bits per heavy atom. The maximum atomic E-state index is 15.3. The van der Waals surface area contributed by atoms with Crippen LogP contribution in [0.2, 0.25) is 0 Å². The Morgan fingerprint density at radius 3 is 1.25 bits per heavy atom. The molecule has 0 atom stereocenters. The molecule has 0 amide bonds. The summed E-state index contributed by atoms with van der Waals surface area (Å²) in [6, 6.07) is 49.3. The average molecular weight is 898 g/mol. The lowest BCUT2D eigenvalue weighted by Gasteiger charge is -2.22. The van der Waals surface area contributed by atoms with Crippen molar-refractivity contribution in [3.8, 4) is 75.1 Å². The Kier molecular flexibility index (Phi) is 9.85. The number of rotatable bonds is 5. The minimum absolute atomic E-state index is 0.0243. The molecule has 0 spiro atoms. The molecule has 0 N–H and O–H groups in total. The average Bonchev–Trinajstić information content (AvgIpc) is 3.86. The molecule has 0 radical (unpaired) electrons. The molecule has 0 saturated carbocycles. The molecule has 2 aromatic heterocycles. The van der Waals surface area contributed by atoms with Gasteiger partial charge in [-0.3, -0.25) is 0 Å². The van der Waals surface area contributed by atoms with E-state index in [0.717, 1.165) is 6.07 Å². The summed E-state index contributed by atoms with van der Waals surface area (Å²) in [5.74, 6) is 0. The van der Waals surface area contributed by atoms with Gasteiger partial charge in [0.15, 0.2) is 0 Å². The van der Waals surface area contributed by atoms with Crippen LogP contribution in [0.5, 0.6) is 0 Å². The van der Waals surface area contributed by atoms with Gasteiger partial charge in [-0.25, -0.2) is 0 Å². The fourth-order valence-corrected chi connectivity index (χ4v) is 9.11. The largest absolute Gasteiger partial charge is 0.417 e. The van der Waals surface area contributed by atoms with Crippen LogP contribution in [0, 0.1) is 56.7 Å². The number of hydrogen-bond acceptors (Lipinski definition) is 5. The van der Waals surface area contributed by atoms with Crippen LogP contribution in [0.25, 0.3) is 88.4 Å². The van der Waals surface area contributed by atoms with Gasteiger partial charge in [0.2, 0.25) is 0 Å². The number of fused-ring (bicyclic) bond motifs is 6. The van der Waals surface area contributed by atoms with E-state index in [2.05, 4.69) is 30.3 Å². The van der Waals surface area contributed by atoms with Crippen LogP contribution < -0.4 is 0 Å². The second-order valence-corrected chi connectivity index (χ2v) is 16.0. The Labute approximate surface area is 382 Å². The monoisotopic (exact) mass is 897 g/mol. The molecule has 0 aliphatic rings. The highest BCUT2D eigenvalue weighted by molar-refractivity contribution is 6.12. The maximum absolute atomic E-state index is 15.3. The lowest BCUT2D eigenvalue weighted by Crippen LogP contribution is -2.13. The molecule has 322 valence electrons. The van der Waals surface area contributed by atoms with E-state index in [1.54, 1.807) is 94.1 Å². The third-order valence-corrected chi connectivity index (χ3v) is 12.1. The summed E-state index contributed by atoms with van der Waals surface area (Å²) in [4.78, 5) is 0. The molecule has 2 heterocycles. The third kappa shape index (κ3) is 6.98. The van der Waals surface area contributed by atoms with E-state index in [1.165, 1.54) is 24.3 Å². The maximum Gasteiger partial charge on any atom is 0.417 e. The molecule has 0 aliphatic carbocycles.